The van der Waals surface area contributed by atoms with Gasteiger partial charge in [-0.2, -0.15) is 0 Å². The average molecular weight is 342 g/mol. The fraction of sp³-hybridized carbons (Fsp3) is 0.263. The van der Waals surface area contributed by atoms with Crippen LogP contribution in [0.5, 0.6) is 5.75 Å². The summed E-state index contributed by atoms with van der Waals surface area (Å²) in [5.74, 6) is -0.435. The lowest BCUT2D eigenvalue weighted by Crippen LogP contribution is -2.32. The second kappa shape index (κ2) is 8.73. The Morgan fingerprint density at radius 2 is 1.88 bits per heavy atom. The second-order valence-electron chi connectivity index (χ2n) is 5.35. The largest absolute Gasteiger partial charge is 0.492 e. The molecule has 0 saturated heterocycles. The predicted octanol–water partition coefficient (Wildman–Crippen LogP) is 3.24. The number of ether oxygens (including phenoxy) is 2. The van der Waals surface area contributed by atoms with Gasteiger partial charge in [0.25, 0.3) is 5.91 Å². The van der Waals surface area contributed by atoms with Gasteiger partial charge in [0.15, 0.2) is 6.10 Å². The number of rotatable bonds is 7. The molecule has 3 N–H and O–H groups in total. The molecular weight excluding hydrogens is 320 g/mol. The normalized spacial score (nSPS) is 11.4. The van der Waals surface area contributed by atoms with Crippen LogP contribution < -0.4 is 15.8 Å². The lowest BCUT2D eigenvalue weighted by atomic mass is 10.2. The summed E-state index contributed by atoms with van der Waals surface area (Å²) in [6, 6.07) is 13.5. The van der Waals surface area contributed by atoms with Crippen LogP contribution in [0, 0.1) is 0 Å². The van der Waals surface area contributed by atoms with Gasteiger partial charge in [0, 0.05) is 5.69 Å². The van der Waals surface area contributed by atoms with Crippen LogP contribution in [0.4, 0.5) is 11.4 Å². The number of hydrogen-bond acceptors (Lipinski definition) is 5. The van der Waals surface area contributed by atoms with E-state index in [0.717, 1.165) is 0 Å². The van der Waals surface area contributed by atoms with Gasteiger partial charge >= 0.3 is 5.97 Å². The maximum absolute atomic E-state index is 12.5. The van der Waals surface area contributed by atoms with Crippen molar-refractivity contribution in [2.45, 2.75) is 26.4 Å². The van der Waals surface area contributed by atoms with Crippen molar-refractivity contribution in [1.82, 2.24) is 0 Å². The summed E-state index contributed by atoms with van der Waals surface area (Å²) in [6.45, 7) is 4.11. The standard InChI is InChI=1S/C19H22N2O4/c1-3-16(25-19(23)13-8-7-9-14(20)12-13)18(22)21-15-10-5-6-11-17(15)24-4-2/h5-12,16H,3-4,20H2,1-2H3,(H,21,22). The highest BCUT2D eigenvalue weighted by atomic mass is 16.5. The number of para-hydroxylation sites is 2. The number of amides is 1. The topological polar surface area (TPSA) is 90.6 Å². The molecule has 0 saturated carbocycles. The van der Waals surface area contributed by atoms with Crippen LogP contribution in [0.3, 0.4) is 0 Å². The number of esters is 1. The molecule has 1 unspecified atom stereocenters. The first-order chi connectivity index (χ1) is 12.0. The first-order valence-corrected chi connectivity index (χ1v) is 8.14. The number of anilines is 2. The Labute approximate surface area is 146 Å². The van der Waals surface area contributed by atoms with Crippen LogP contribution in [0.1, 0.15) is 30.6 Å². The van der Waals surface area contributed by atoms with Gasteiger partial charge in [0.1, 0.15) is 5.75 Å². The van der Waals surface area contributed by atoms with Crippen molar-refractivity contribution in [1.29, 1.82) is 0 Å². The fourth-order valence-electron chi connectivity index (χ4n) is 2.25. The van der Waals surface area contributed by atoms with Gasteiger partial charge in [-0.25, -0.2) is 4.79 Å². The van der Waals surface area contributed by atoms with E-state index in [-0.39, 0.29) is 0 Å². The molecule has 0 aromatic heterocycles. The molecular formula is C19H22N2O4. The van der Waals surface area contributed by atoms with E-state index in [0.29, 0.717) is 35.7 Å². The Balaban J connectivity index is 2.07. The molecule has 0 spiro atoms. The quantitative estimate of drug-likeness (QED) is 0.595. The molecule has 25 heavy (non-hydrogen) atoms. The van der Waals surface area contributed by atoms with E-state index in [4.69, 9.17) is 15.2 Å². The smallest absolute Gasteiger partial charge is 0.338 e. The van der Waals surface area contributed by atoms with Crippen molar-refractivity contribution < 1.29 is 19.1 Å². The van der Waals surface area contributed by atoms with Crippen molar-refractivity contribution in [3.8, 4) is 5.75 Å². The summed E-state index contributed by atoms with van der Waals surface area (Å²) < 4.78 is 10.8. The third kappa shape index (κ3) is 4.97. The Morgan fingerprint density at radius 1 is 1.12 bits per heavy atom. The molecule has 0 aliphatic heterocycles. The molecule has 0 aliphatic carbocycles. The zero-order valence-corrected chi connectivity index (χ0v) is 14.3. The number of carbonyl (C=O) groups excluding carboxylic acids is 2. The fourth-order valence-corrected chi connectivity index (χ4v) is 2.25. The maximum Gasteiger partial charge on any atom is 0.338 e. The molecule has 1 amide bonds. The lowest BCUT2D eigenvalue weighted by molar-refractivity contribution is -0.124. The molecule has 0 aliphatic rings. The Bertz CT molecular complexity index is 746. The summed E-state index contributed by atoms with van der Waals surface area (Å²) in [5, 5.41) is 2.75. The highest BCUT2D eigenvalue weighted by molar-refractivity contribution is 5.98. The SMILES string of the molecule is CCOc1ccccc1NC(=O)C(CC)OC(=O)c1cccc(N)c1. The minimum absolute atomic E-state index is 0.306. The molecule has 2 aromatic rings. The molecule has 132 valence electrons. The molecule has 0 fully saturated rings. The van der Waals surface area contributed by atoms with Gasteiger partial charge in [-0.05, 0) is 43.7 Å². The first-order valence-electron chi connectivity index (χ1n) is 8.14. The second-order valence-corrected chi connectivity index (χ2v) is 5.35. The summed E-state index contributed by atoms with van der Waals surface area (Å²) in [4.78, 5) is 24.7. The number of benzene rings is 2. The van der Waals surface area contributed by atoms with E-state index in [1.54, 1.807) is 43.3 Å². The van der Waals surface area contributed by atoms with Crippen LogP contribution in [0.2, 0.25) is 0 Å². The van der Waals surface area contributed by atoms with E-state index in [9.17, 15) is 9.59 Å². The van der Waals surface area contributed by atoms with Gasteiger partial charge in [0.05, 0.1) is 17.9 Å². The summed E-state index contributed by atoms with van der Waals surface area (Å²) in [6.07, 6.45) is -0.569. The van der Waals surface area contributed by atoms with Crippen LogP contribution >= 0.6 is 0 Å². The van der Waals surface area contributed by atoms with Crippen molar-refractivity contribution in [3.63, 3.8) is 0 Å². The lowest BCUT2D eigenvalue weighted by Gasteiger charge is -2.17. The van der Waals surface area contributed by atoms with Gasteiger partial charge < -0.3 is 20.5 Å². The third-order valence-corrected chi connectivity index (χ3v) is 3.48. The van der Waals surface area contributed by atoms with Crippen LogP contribution in [0.25, 0.3) is 0 Å². The number of nitrogens with one attached hydrogen (secondary N) is 1. The zero-order valence-electron chi connectivity index (χ0n) is 14.3. The average Bonchev–Trinajstić information content (AvgIpc) is 2.61. The maximum atomic E-state index is 12.5. The van der Waals surface area contributed by atoms with Crippen LogP contribution in [-0.4, -0.2) is 24.6 Å². The van der Waals surface area contributed by atoms with E-state index in [1.165, 1.54) is 6.07 Å². The molecule has 2 aromatic carbocycles. The predicted molar refractivity (Wildman–Crippen MR) is 96.6 cm³/mol. The Kier molecular flexibility index (Phi) is 6.39. The molecule has 0 heterocycles. The first kappa shape index (κ1) is 18.3. The molecule has 6 heteroatoms. The van der Waals surface area contributed by atoms with Crippen molar-refractivity contribution in [2.75, 3.05) is 17.7 Å². The van der Waals surface area contributed by atoms with E-state index < -0.39 is 18.0 Å². The van der Waals surface area contributed by atoms with Crippen molar-refractivity contribution in [3.05, 3.63) is 54.1 Å². The Hall–Kier alpha value is -3.02. The van der Waals surface area contributed by atoms with Crippen LogP contribution in [0.15, 0.2) is 48.5 Å². The molecule has 0 radical (unpaired) electrons. The molecule has 6 nitrogen and oxygen atoms in total. The van der Waals surface area contributed by atoms with Crippen molar-refractivity contribution in [2.24, 2.45) is 0 Å². The molecule has 2 rings (SSSR count). The van der Waals surface area contributed by atoms with Crippen LogP contribution in [-0.2, 0) is 9.53 Å². The summed E-state index contributed by atoms with van der Waals surface area (Å²) in [5.41, 5.74) is 6.96. The Morgan fingerprint density at radius 3 is 2.56 bits per heavy atom. The van der Waals surface area contributed by atoms with E-state index in [1.807, 2.05) is 13.0 Å². The zero-order chi connectivity index (χ0) is 18.2. The summed E-state index contributed by atoms with van der Waals surface area (Å²) in [7, 11) is 0. The monoisotopic (exact) mass is 342 g/mol. The highest BCUT2D eigenvalue weighted by Crippen LogP contribution is 2.24. The number of nitrogen functional groups attached to an aromatic ring is 1. The van der Waals surface area contributed by atoms with Crippen molar-refractivity contribution >= 4 is 23.3 Å². The van der Waals surface area contributed by atoms with E-state index >= 15 is 0 Å². The van der Waals surface area contributed by atoms with Gasteiger partial charge in [0.2, 0.25) is 0 Å². The number of hydrogen-bond donors (Lipinski definition) is 2. The third-order valence-electron chi connectivity index (χ3n) is 3.48. The van der Waals surface area contributed by atoms with Gasteiger partial charge in [-0.15, -0.1) is 0 Å². The summed E-state index contributed by atoms with van der Waals surface area (Å²) >= 11 is 0. The minimum atomic E-state index is -0.913. The van der Waals surface area contributed by atoms with E-state index in [2.05, 4.69) is 5.32 Å². The minimum Gasteiger partial charge on any atom is -0.492 e. The van der Waals surface area contributed by atoms with Gasteiger partial charge in [-0.1, -0.05) is 25.1 Å². The van der Waals surface area contributed by atoms with Gasteiger partial charge in [-0.3, -0.25) is 4.79 Å². The molecule has 1 atom stereocenters. The number of carbonyl (C=O) groups is 2. The number of nitrogens with two attached hydrogens (primary N) is 1. The highest BCUT2D eigenvalue weighted by Gasteiger charge is 2.23. The molecule has 0 bridgehead atoms.